The van der Waals surface area contributed by atoms with Gasteiger partial charge in [-0.25, -0.2) is 17.6 Å². The lowest BCUT2D eigenvalue weighted by molar-refractivity contribution is -0.117. The van der Waals surface area contributed by atoms with E-state index in [9.17, 15) is 22.4 Å². The third-order valence-electron chi connectivity index (χ3n) is 4.48. The van der Waals surface area contributed by atoms with Crippen LogP contribution in [0.1, 0.15) is 27.2 Å². The number of carbonyl (C=O) groups is 2. The second-order valence-electron chi connectivity index (χ2n) is 8.24. The lowest BCUT2D eigenvalue weighted by Gasteiger charge is -2.24. The van der Waals surface area contributed by atoms with E-state index in [-0.39, 0.29) is 34.7 Å². The molecular weight excluding hydrogens is 469 g/mol. The van der Waals surface area contributed by atoms with Crippen LogP contribution >= 0.6 is 23.4 Å². The van der Waals surface area contributed by atoms with Crippen LogP contribution < -0.4 is 10.2 Å². The second kappa shape index (κ2) is 8.95. The van der Waals surface area contributed by atoms with Crippen molar-refractivity contribution in [3.8, 4) is 0 Å². The van der Waals surface area contributed by atoms with Gasteiger partial charge in [0, 0.05) is 23.9 Å². The van der Waals surface area contributed by atoms with Crippen LogP contribution in [0.5, 0.6) is 0 Å². The van der Waals surface area contributed by atoms with Crippen LogP contribution in [-0.4, -0.2) is 60.5 Å². The largest absolute Gasteiger partial charge is 0.444 e. The van der Waals surface area contributed by atoms with Gasteiger partial charge in [0.1, 0.15) is 11.4 Å². The molecule has 2 aliphatic heterocycles. The highest BCUT2D eigenvalue weighted by atomic mass is 35.5. The SMILES string of the molecule is CC(C)(C)OC(=O)NCCC(=O)N=C1S[C@H]2CS(=O)(=O)C[C@@H]2N1c1ccc(F)c(Cl)c1. The van der Waals surface area contributed by atoms with Crippen molar-refractivity contribution in [3.05, 3.63) is 29.0 Å². The summed E-state index contributed by atoms with van der Waals surface area (Å²) in [6.45, 7) is 5.23. The molecule has 0 spiro atoms. The third kappa shape index (κ3) is 6.11. The van der Waals surface area contributed by atoms with Gasteiger partial charge in [-0.15, -0.1) is 0 Å². The Labute approximate surface area is 189 Å². The average molecular weight is 492 g/mol. The molecule has 1 aromatic rings. The molecule has 1 aromatic carbocycles. The summed E-state index contributed by atoms with van der Waals surface area (Å²) in [5.41, 5.74) is -0.189. The monoisotopic (exact) mass is 491 g/mol. The minimum absolute atomic E-state index is 0.0266. The highest BCUT2D eigenvalue weighted by molar-refractivity contribution is 8.16. The summed E-state index contributed by atoms with van der Waals surface area (Å²) in [6.07, 6.45) is -0.694. The van der Waals surface area contributed by atoms with Gasteiger partial charge in [0.15, 0.2) is 15.0 Å². The fourth-order valence-corrected chi connectivity index (χ4v) is 7.36. The van der Waals surface area contributed by atoms with E-state index in [4.69, 9.17) is 16.3 Å². The van der Waals surface area contributed by atoms with Crippen LogP contribution in [-0.2, 0) is 19.4 Å². The molecule has 0 radical (unpaired) electrons. The molecule has 31 heavy (non-hydrogen) atoms. The van der Waals surface area contributed by atoms with E-state index >= 15 is 0 Å². The Balaban J connectivity index is 1.74. The summed E-state index contributed by atoms with van der Waals surface area (Å²) in [7, 11) is -3.23. The zero-order valence-corrected chi connectivity index (χ0v) is 19.6. The molecule has 0 saturated carbocycles. The lowest BCUT2D eigenvalue weighted by Crippen LogP contribution is -2.38. The number of amides is 2. The number of fused-ring (bicyclic) bond motifs is 1. The number of carbonyl (C=O) groups excluding carboxylic acids is 2. The van der Waals surface area contributed by atoms with Crippen LogP contribution in [0, 0.1) is 5.82 Å². The Hall–Kier alpha value is -1.85. The molecule has 2 aliphatic rings. The maximum Gasteiger partial charge on any atom is 0.407 e. The number of rotatable bonds is 4. The predicted octanol–water partition coefficient (Wildman–Crippen LogP) is 3.00. The van der Waals surface area contributed by atoms with Gasteiger partial charge in [-0.3, -0.25) is 4.79 Å². The van der Waals surface area contributed by atoms with E-state index in [1.165, 1.54) is 30.0 Å². The summed E-state index contributed by atoms with van der Waals surface area (Å²) in [5.74, 6) is -1.20. The quantitative estimate of drug-likeness (QED) is 0.690. The number of nitrogens with zero attached hydrogens (tertiary/aromatic N) is 2. The topological polar surface area (TPSA) is 105 Å². The third-order valence-corrected chi connectivity index (χ3v) is 7.97. The van der Waals surface area contributed by atoms with Gasteiger partial charge in [-0.05, 0) is 39.0 Å². The Kier molecular flexibility index (Phi) is 6.87. The molecule has 8 nitrogen and oxygen atoms in total. The fourth-order valence-electron chi connectivity index (χ4n) is 3.25. The zero-order chi connectivity index (χ0) is 23.0. The van der Waals surface area contributed by atoms with Crippen LogP contribution in [0.4, 0.5) is 14.9 Å². The number of anilines is 1. The molecule has 0 bridgehead atoms. The summed E-state index contributed by atoms with van der Waals surface area (Å²) >= 11 is 7.10. The number of amidine groups is 1. The van der Waals surface area contributed by atoms with Crippen LogP contribution in [0.2, 0.25) is 5.02 Å². The van der Waals surface area contributed by atoms with Crippen LogP contribution in [0.3, 0.4) is 0 Å². The molecule has 0 aromatic heterocycles. The first-order valence-electron chi connectivity index (χ1n) is 9.54. The van der Waals surface area contributed by atoms with E-state index in [1.54, 1.807) is 25.7 Å². The van der Waals surface area contributed by atoms with Crippen LogP contribution in [0.25, 0.3) is 0 Å². The molecule has 170 valence electrons. The first kappa shape index (κ1) is 23.8. The predicted molar refractivity (Wildman–Crippen MR) is 119 cm³/mol. The molecule has 2 saturated heterocycles. The molecule has 2 amide bonds. The number of benzene rings is 1. The Morgan fingerprint density at radius 1 is 1.35 bits per heavy atom. The van der Waals surface area contributed by atoms with Gasteiger partial charge in [0.25, 0.3) is 0 Å². The second-order valence-corrected chi connectivity index (χ2v) is 12.0. The smallest absolute Gasteiger partial charge is 0.407 e. The molecule has 1 N–H and O–H groups in total. The van der Waals surface area contributed by atoms with Gasteiger partial charge < -0.3 is 15.0 Å². The van der Waals surface area contributed by atoms with Gasteiger partial charge in [0.2, 0.25) is 5.91 Å². The van der Waals surface area contributed by atoms with E-state index in [1.807, 2.05) is 0 Å². The normalized spacial score (nSPS) is 23.6. The zero-order valence-electron chi connectivity index (χ0n) is 17.2. The summed E-state index contributed by atoms with van der Waals surface area (Å²) in [5, 5.41) is 2.42. The van der Waals surface area contributed by atoms with Gasteiger partial charge in [0.05, 0.1) is 22.6 Å². The number of nitrogens with one attached hydrogen (secondary N) is 1. The van der Waals surface area contributed by atoms with E-state index in [0.29, 0.717) is 10.9 Å². The Morgan fingerprint density at radius 2 is 2.06 bits per heavy atom. The molecule has 12 heteroatoms. The number of hydrogen-bond acceptors (Lipinski definition) is 6. The molecule has 2 heterocycles. The van der Waals surface area contributed by atoms with Crippen molar-refractivity contribution < 1.29 is 27.1 Å². The molecule has 2 fully saturated rings. The maximum atomic E-state index is 13.6. The summed E-state index contributed by atoms with van der Waals surface area (Å²) in [4.78, 5) is 29.8. The summed E-state index contributed by atoms with van der Waals surface area (Å²) < 4.78 is 42.9. The standard InChI is InChI=1S/C19H23ClFN3O5S2/c1-19(2,3)29-18(26)22-7-6-16(25)23-17-24(11-4-5-13(21)12(20)8-11)14-9-31(27,28)10-15(14)30-17/h4-5,8,14-15H,6-7,9-10H2,1-3H3,(H,22,26)/t14-,15-/m0/s1. The number of thioether (sulfide) groups is 1. The van der Waals surface area contributed by atoms with Crippen molar-refractivity contribution in [3.63, 3.8) is 0 Å². The van der Waals surface area contributed by atoms with Crippen molar-refractivity contribution in [2.75, 3.05) is 23.0 Å². The van der Waals surface area contributed by atoms with Gasteiger partial charge in [-0.2, -0.15) is 4.99 Å². The van der Waals surface area contributed by atoms with Gasteiger partial charge in [-0.1, -0.05) is 23.4 Å². The van der Waals surface area contributed by atoms with E-state index in [2.05, 4.69) is 10.3 Å². The van der Waals surface area contributed by atoms with E-state index < -0.39 is 39.3 Å². The molecule has 0 aliphatic carbocycles. The number of alkyl carbamates (subject to hydrolysis) is 1. The lowest BCUT2D eigenvalue weighted by atomic mass is 10.2. The highest BCUT2D eigenvalue weighted by Crippen LogP contribution is 2.41. The molecule has 2 atom stereocenters. The number of hydrogen-bond donors (Lipinski definition) is 1. The van der Waals surface area contributed by atoms with Gasteiger partial charge >= 0.3 is 6.09 Å². The number of aliphatic imine (C=N–C) groups is 1. The van der Waals surface area contributed by atoms with Crippen LogP contribution in [0.15, 0.2) is 23.2 Å². The van der Waals surface area contributed by atoms with Crippen molar-refractivity contribution in [1.29, 1.82) is 0 Å². The Morgan fingerprint density at radius 3 is 2.71 bits per heavy atom. The maximum absolute atomic E-state index is 13.6. The average Bonchev–Trinajstić information content (AvgIpc) is 3.06. The number of halogens is 2. The van der Waals surface area contributed by atoms with Crippen molar-refractivity contribution in [2.45, 2.75) is 44.1 Å². The summed E-state index contributed by atoms with van der Waals surface area (Å²) in [6, 6.07) is 3.61. The number of ether oxygens (including phenoxy) is 1. The molecule has 0 unspecified atom stereocenters. The first-order valence-corrected chi connectivity index (χ1v) is 12.6. The molecular formula is C19H23ClFN3O5S2. The first-order chi connectivity index (χ1) is 14.3. The van der Waals surface area contributed by atoms with Crippen molar-refractivity contribution in [2.24, 2.45) is 4.99 Å². The fraction of sp³-hybridized carbons (Fsp3) is 0.526. The minimum atomic E-state index is -3.23. The van der Waals surface area contributed by atoms with E-state index in [0.717, 1.165) is 0 Å². The van der Waals surface area contributed by atoms with Crippen molar-refractivity contribution >= 4 is 56.1 Å². The van der Waals surface area contributed by atoms with Crippen molar-refractivity contribution in [1.82, 2.24) is 5.32 Å². The Bertz CT molecular complexity index is 1030. The minimum Gasteiger partial charge on any atom is -0.444 e. The highest BCUT2D eigenvalue weighted by Gasteiger charge is 2.49. The number of sulfone groups is 1. The molecule has 3 rings (SSSR count).